The summed E-state index contributed by atoms with van der Waals surface area (Å²) in [5, 5.41) is 5.08. The number of nitrogens with one attached hydrogen (secondary N) is 1. The maximum absolute atomic E-state index is 12.1. The van der Waals surface area contributed by atoms with Crippen LogP contribution in [0.25, 0.3) is 0 Å². The molecular formula is C26H35NO3Si. The molecule has 2 aromatic carbocycles. The zero-order chi connectivity index (χ0) is 23.1. The molecule has 2 aromatic rings. The Morgan fingerprint density at radius 3 is 1.84 bits per heavy atom. The Labute approximate surface area is 188 Å². The van der Waals surface area contributed by atoms with E-state index in [4.69, 9.17) is 15.6 Å². The van der Waals surface area contributed by atoms with Crippen LogP contribution >= 0.6 is 0 Å². The molecule has 0 spiro atoms. The van der Waals surface area contributed by atoms with Crippen molar-refractivity contribution in [3.63, 3.8) is 0 Å². The Morgan fingerprint density at radius 1 is 0.968 bits per heavy atom. The van der Waals surface area contributed by atoms with E-state index in [1.165, 1.54) is 10.4 Å². The summed E-state index contributed by atoms with van der Waals surface area (Å²) >= 11 is 0. The summed E-state index contributed by atoms with van der Waals surface area (Å²) in [4.78, 5) is 12.1. The normalized spacial score (nSPS) is 13.2. The summed E-state index contributed by atoms with van der Waals surface area (Å²) in [5.74, 6) is 2.65. The number of amides is 1. The maximum Gasteiger partial charge on any atom is 0.408 e. The van der Waals surface area contributed by atoms with Crippen LogP contribution in [0.5, 0.6) is 0 Å². The van der Waals surface area contributed by atoms with Crippen molar-refractivity contribution in [3.8, 4) is 12.3 Å². The molecule has 1 atom stereocenters. The molecule has 0 aromatic heterocycles. The second-order valence-corrected chi connectivity index (χ2v) is 14.0. The van der Waals surface area contributed by atoms with Crippen molar-refractivity contribution in [3.05, 3.63) is 60.7 Å². The number of hydrogen-bond acceptors (Lipinski definition) is 3. The van der Waals surface area contributed by atoms with Crippen LogP contribution in [-0.4, -0.2) is 32.7 Å². The largest absolute Gasteiger partial charge is 0.444 e. The molecule has 0 heterocycles. The third kappa shape index (κ3) is 6.46. The van der Waals surface area contributed by atoms with Gasteiger partial charge in [-0.05, 0) is 36.2 Å². The molecule has 1 N–H and O–H groups in total. The van der Waals surface area contributed by atoms with Gasteiger partial charge >= 0.3 is 6.09 Å². The topological polar surface area (TPSA) is 47.6 Å². The summed E-state index contributed by atoms with van der Waals surface area (Å²) in [6.45, 7) is 12.6. The number of rotatable bonds is 7. The van der Waals surface area contributed by atoms with Gasteiger partial charge in [-0.3, -0.25) is 0 Å². The molecule has 0 aliphatic carbocycles. The molecular weight excluding hydrogens is 402 g/mol. The highest BCUT2D eigenvalue weighted by atomic mass is 28.4. The number of terminal acetylenes is 1. The lowest BCUT2D eigenvalue weighted by molar-refractivity contribution is 0.0511. The van der Waals surface area contributed by atoms with Crippen molar-refractivity contribution < 1.29 is 14.0 Å². The number of alkyl carbamates (subject to hydrolysis) is 1. The van der Waals surface area contributed by atoms with Gasteiger partial charge in [-0.15, -0.1) is 6.42 Å². The molecule has 0 saturated heterocycles. The van der Waals surface area contributed by atoms with E-state index in [0.717, 1.165) is 0 Å². The van der Waals surface area contributed by atoms with E-state index in [1.807, 2.05) is 32.9 Å². The molecule has 166 valence electrons. The first-order valence-electron chi connectivity index (χ1n) is 10.7. The molecule has 31 heavy (non-hydrogen) atoms. The van der Waals surface area contributed by atoms with Crippen molar-refractivity contribution >= 4 is 24.8 Å². The molecule has 0 fully saturated rings. The van der Waals surface area contributed by atoms with Crippen LogP contribution in [0.1, 0.15) is 48.0 Å². The zero-order valence-corrected chi connectivity index (χ0v) is 20.6. The molecule has 5 heteroatoms. The van der Waals surface area contributed by atoms with Gasteiger partial charge in [0.15, 0.2) is 0 Å². The van der Waals surface area contributed by atoms with E-state index >= 15 is 0 Å². The summed E-state index contributed by atoms with van der Waals surface area (Å²) in [7, 11) is -2.62. The Bertz CT molecular complexity index is 837. The third-order valence-electron chi connectivity index (χ3n) is 5.03. The predicted octanol–water partition coefficient (Wildman–Crippen LogP) is 4.48. The molecule has 0 aliphatic heterocycles. The lowest BCUT2D eigenvalue weighted by Gasteiger charge is -2.43. The average molecular weight is 438 g/mol. The Kier molecular flexibility index (Phi) is 8.11. The van der Waals surface area contributed by atoms with Gasteiger partial charge in [-0.2, -0.15) is 0 Å². The lowest BCUT2D eigenvalue weighted by atomic mass is 10.2. The van der Waals surface area contributed by atoms with Gasteiger partial charge in [0.25, 0.3) is 8.32 Å². The smallest absolute Gasteiger partial charge is 0.408 e. The van der Waals surface area contributed by atoms with E-state index in [-0.39, 0.29) is 5.04 Å². The van der Waals surface area contributed by atoms with E-state index < -0.39 is 26.1 Å². The molecule has 0 aliphatic rings. The zero-order valence-electron chi connectivity index (χ0n) is 19.6. The SMILES string of the molecule is C#C[C@@H](CCO[Si](c1ccccc1)(c1ccccc1)C(C)(C)C)NC(=O)OC(C)(C)C. The number of benzene rings is 2. The summed E-state index contributed by atoms with van der Waals surface area (Å²) in [6, 6.07) is 20.4. The molecule has 0 radical (unpaired) electrons. The Hall–Kier alpha value is -2.55. The van der Waals surface area contributed by atoms with Gasteiger partial charge in [0.1, 0.15) is 5.60 Å². The van der Waals surface area contributed by atoms with E-state index in [2.05, 4.69) is 80.5 Å². The molecule has 0 saturated carbocycles. The minimum atomic E-state index is -2.62. The van der Waals surface area contributed by atoms with Crippen LogP contribution in [0, 0.1) is 12.3 Å². The first-order valence-corrected chi connectivity index (χ1v) is 12.6. The number of carbonyl (C=O) groups excluding carboxylic acids is 1. The number of hydrogen-bond donors (Lipinski definition) is 1. The third-order valence-corrected chi connectivity index (χ3v) is 10.1. The maximum atomic E-state index is 12.1. The fourth-order valence-electron chi connectivity index (χ4n) is 3.74. The molecule has 0 unspecified atom stereocenters. The van der Waals surface area contributed by atoms with Crippen LogP contribution in [0.15, 0.2) is 60.7 Å². The van der Waals surface area contributed by atoms with E-state index in [9.17, 15) is 4.79 Å². The van der Waals surface area contributed by atoms with Crippen molar-refractivity contribution in [2.24, 2.45) is 0 Å². The lowest BCUT2D eigenvalue weighted by Crippen LogP contribution is -2.66. The van der Waals surface area contributed by atoms with Gasteiger partial charge in [0.05, 0.1) is 6.04 Å². The Morgan fingerprint density at radius 2 is 1.45 bits per heavy atom. The van der Waals surface area contributed by atoms with Gasteiger partial charge in [-0.1, -0.05) is 87.4 Å². The van der Waals surface area contributed by atoms with Crippen LogP contribution in [-0.2, 0) is 9.16 Å². The van der Waals surface area contributed by atoms with Gasteiger partial charge in [0, 0.05) is 13.0 Å². The number of ether oxygens (including phenoxy) is 1. The minimum Gasteiger partial charge on any atom is -0.444 e. The summed E-state index contributed by atoms with van der Waals surface area (Å²) in [6.07, 6.45) is 5.67. The molecule has 2 rings (SSSR count). The van der Waals surface area contributed by atoms with E-state index in [0.29, 0.717) is 13.0 Å². The van der Waals surface area contributed by atoms with Crippen molar-refractivity contribution in [1.29, 1.82) is 0 Å². The first kappa shape index (κ1) is 24.7. The molecule has 1 amide bonds. The Balaban J connectivity index is 2.27. The predicted molar refractivity (Wildman–Crippen MR) is 130 cm³/mol. The van der Waals surface area contributed by atoms with Crippen LogP contribution < -0.4 is 15.7 Å². The summed E-state index contributed by atoms with van der Waals surface area (Å²) in [5.41, 5.74) is -0.575. The second-order valence-electron chi connectivity index (χ2n) is 9.67. The standard InChI is InChI=1S/C26H35NO3Si/c1-8-21(27-24(28)30-25(2,3)4)19-20-29-31(26(5,6)7,22-15-11-9-12-16-22)23-17-13-10-14-18-23/h1,9-18,21H,19-20H2,2-7H3,(H,27,28)/t21-/m0/s1. The quantitative estimate of drug-likeness (QED) is 0.513. The van der Waals surface area contributed by atoms with Crippen LogP contribution in [0.3, 0.4) is 0 Å². The van der Waals surface area contributed by atoms with Gasteiger partial charge < -0.3 is 14.5 Å². The second kappa shape index (κ2) is 10.2. The van der Waals surface area contributed by atoms with Crippen molar-refractivity contribution in [1.82, 2.24) is 5.32 Å². The monoisotopic (exact) mass is 437 g/mol. The highest BCUT2D eigenvalue weighted by Gasteiger charge is 2.50. The highest BCUT2D eigenvalue weighted by molar-refractivity contribution is 6.99. The minimum absolute atomic E-state index is 0.111. The van der Waals surface area contributed by atoms with E-state index in [1.54, 1.807) is 0 Å². The van der Waals surface area contributed by atoms with Crippen molar-refractivity contribution in [2.45, 2.75) is 64.6 Å². The van der Waals surface area contributed by atoms with Crippen LogP contribution in [0.2, 0.25) is 5.04 Å². The fraction of sp³-hybridized carbons (Fsp3) is 0.423. The molecule has 0 bridgehead atoms. The van der Waals surface area contributed by atoms with Crippen molar-refractivity contribution in [2.75, 3.05) is 6.61 Å². The number of carbonyl (C=O) groups is 1. The van der Waals surface area contributed by atoms with Gasteiger partial charge in [0.2, 0.25) is 0 Å². The van der Waals surface area contributed by atoms with Crippen LogP contribution in [0.4, 0.5) is 4.79 Å². The first-order chi connectivity index (χ1) is 14.5. The molecule has 4 nitrogen and oxygen atoms in total. The average Bonchev–Trinajstić information content (AvgIpc) is 2.69. The fourth-order valence-corrected chi connectivity index (χ4v) is 8.32. The highest BCUT2D eigenvalue weighted by Crippen LogP contribution is 2.36. The summed E-state index contributed by atoms with van der Waals surface area (Å²) < 4.78 is 12.2. The van der Waals surface area contributed by atoms with Gasteiger partial charge in [-0.25, -0.2) is 4.79 Å².